The molecule has 1 fully saturated rings. The smallest absolute Gasteiger partial charge is 0.214 e. The number of ether oxygens (including phenoxy) is 2. The number of carbonyl (C=O) groups is 1. The minimum atomic E-state index is -0.261. The Bertz CT molecular complexity index is 1760. The van der Waals surface area contributed by atoms with Crippen molar-refractivity contribution in [2.24, 2.45) is 0 Å². The predicted octanol–water partition coefficient (Wildman–Crippen LogP) is 5.32. The highest BCUT2D eigenvalue weighted by molar-refractivity contribution is 6.32. The number of carbonyl (C=O) groups excluding carboxylic acids is 1. The summed E-state index contributed by atoms with van der Waals surface area (Å²) in [6.45, 7) is 4.15. The minimum absolute atomic E-state index is 0.175. The Morgan fingerprint density at radius 1 is 1.10 bits per heavy atom. The average molecular weight is 553 g/mol. The summed E-state index contributed by atoms with van der Waals surface area (Å²) in [6, 6.07) is 22.0. The van der Waals surface area contributed by atoms with Gasteiger partial charge in [0.1, 0.15) is 17.3 Å². The molecule has 0 saturated carbocycles. The van der Waals surface area contributed by atoms with E-state index in [1.54, 1.807) is 42.5 Å². The van der Waals surface area contributed by atoms with Crippen molar-refractivity contribution < 1.29 is 14.3 Å². The number of H-pyrrole nitrogens is 1. The molecule has 200 valence electrons. The third-order valence-corrected chi connectivity index (χ3v) is 7.14. The lowest BCUT2D eigenvalue weighted by molar-refractivity contribution is 0.0342. The Labute approximate surface area is 235 Å². The summed E-state index contributed by atoms with van der Waals surface area (Å²) in [7, 11) is 0. The quantitative estimate of drug-likeness (QED) is 0.262. The molecule has 0 radical (unpaired) electrons. The van der Waals surface area contributed by atoms with Gasteiger partial charge in [0.05, 0.1) is 53.0 Å². The predicted molar refractivity (Wildman–Crippen MR) is 152 cm³/mol. The first-order valence-corrected chi connectivity index (χ1v) is 13.1. The fourth-order valence-electron chi connectivity index (χ4n) is 4.77. The van der Waals surface area contributed by atoms with Crippen LogP contribution in [0.4, 0.5) is 5.82 Å². The number of ketones is 1. The lowest BCUT2D eigenvalue weighted by Crippen LogP contribution is -2.35. The Balaban J connectivity index is 1.21. The van der Waals surface area contributed by atoms with Crippen molar-refractivity contribution in [3.8, 4) is 23.3 Å². The van der Waals surface area contributed by atoms with E-state index < -0.39 is 0 Å². The van der Waals surface area contributed by atoms with E-state index in [1.807, 2.05) is 12.1 Å². The number of rotatable bonds is 7. The molecule has 40 heavy (non-hydrogen) atoms. The van der Waals surface area contributed by atoms with Crippen LogP contribution >= 0.6 is 11.6 Å². The van der Waals surface area contributed by atoms with Gasteiger partial charge in [0, 0.05) is 36.6 Å². The molecule has 0 unspecified atom stereocenters. The van der Waals surface area contributed by atoms with Gasteiger partial charge >= 0.3 is 0 Å². The van der Waals surface area contributed by atoms with Crippen molar-refractivity contribution in [3.05, 3.63) is 100 Å². The number of nitrogens with zero attached hydrogens (tertiary/aromatic N) is 4. The van der Waals surface area contributed by atoms with E-state index in [2.05, 4.69) is 33.2 Å². The Hall–Kier alpha value is -4.62. The average Bonchev–Trinajstić information content (AvgIpc) is 3.57. The van der Waals surface area contributed by atoms with E-state index in [4.69, 9.17) is 32.1 Å². The van der Waals surface area contributed by atoms with Gasteiger partial charge in [0.25, 0.3) is 0 Å². The van der Waals surface area contributed by atoms with Crippen molar-refractivity contribution in [1.29, 1.82) is 5.26 Å². The first-order chi connectivity index (χ1) is 19.5. The zero-order valence-electron chi connectivity index (χ0n) is 21.4. The number of morpholine rings is 1. The highest BCUT2D eigenvalue weighted by atomic mass is 35.5. The summed E-state index contributed by atoms with van der Waals surface area (Å²) in [4.78, 5) is 19.0. The van der Waals surface area contributed by atoms with Gasteiger partial charge in [-0.3, -0.25) is 9.69 Å². The SMILES string of the molecule is N#Cc1cccc(Oc2ccc(-n3ncc(C(=O)c4cc5ccc(CN6CCOCC6)cc5[nH]4)c3N)c(Cl)c2)c1. The molecule has 3 N–H and O–H groups in total. The molecule has 6 rings (SSSR count). The third kappa shape index (κ3) is 5.16. The molecule has 9 nitrogen and oxygen atoms in total. The van der Waals surface area contributed by atoms with E-state index in [9.17, 15) is 4.79 Å². The van der Waals surface area contributed by atoms with Crippen LogP contribution in [0.5, 0.6) is 11.5 Å². The molecule has 0 aliphatic carbocycles. The summed E-state index contributed by atoms with van der Waals surface area (Å²) < 4.78 is 12.7. The molecule has 1 saturated heterocycles. The van der Waals surface area contributed by atoms with Crippen molar-refractivity contribution in [2.45, 2.75) is 6.54 Å². The molecular weight excluding hydrogens is 528 g/mol. The molecule has 0 atom stereocenters. The molecule has 0 amide bonds. The van der Waals surface area contributed by atoms with Gasteiger partial charge in [-0.1, -0.05) is 29.8 Å². The van der Waals surface area contributed by atoms with Gasteiger partial charge in [0.15, 0.2) is 0 Å². The Morgan fingerprint density at radius 2 is 1.93 bits per heavy atom. The van der Waals surface area contributed by atoms with Gasteiger partial charge in [-0.15, -0.1) is 0 Å². The first kappa shape index (κ1) is 25.6. The van der Waals surface area contributed by atoms with Crippen molar-refractivity contribution in [2.75, 3.05) is 32.0 Å². The maximum atomic E-state index is 13.4. The summed E-state index contributed by atoms with van der Waals surface area (Å²) in [6.07, 6.45) is 1.45. The number of aromatic nitrogens is 3. The van der Waals surface area contributed by atoms with Crippen LogP contribution in [0.2, 0.25) is 5.02 Å². The number of hydrogen-bond donors (Lipinski definition) is 2. The van der Waals surface area contributed by atoms with Crippen LogP contribution in [-0.2, 0) is 11.3 Å². The maximum absolute atomic E-state index is 13.4. The zero-order chi connectivity index (χ0) is 27.6. The van der Waals surface area contributed by atoms with Gasteiger partial charge in [-0.05, 0) is 48.0 Å². The standard InChI is InChI=1S/C30H25ClN6O3/c31-25-15-23(40-22-3-1-2-19(12-22)16-32)6-7-28(25)37-30(33)24(17-34-37)29(38)27-14-21-5-4-20(13-26(21)35-27)18-36-8-10-39-11-9-36/h1-7,12-15,17,35H,8-11,18,33H2. The minimum Gasteiger partial charge on any atom is -0.457 e. The molecule has 1 aliphatic heterocycles. The number of hydrogen-bond acceptors (Lipinski definition) is 7. The largest absolute Gasteiger partial charge is 0.457 e. The number of nitrogens with two attached hydrogens (primary N) is 1. The van der Waals surface area contributed by atoms with E-state index >= 15 is 0 Å². The van der Waals surface area contributed by atoms with E-state index in [-0.39, 0.29) is 17.2 Å². The van der Waals surface area contributed by atoms with Gasteiger partial charge in [-0.2, -0.15) is 10.4 Å². The summed E-state index contributed by atoms with van der Waals surface area (Å²) in [5, 5.41) is 14.7. The summed E-state index contributed by atoms with van der Waals surface area (Å²) >= 11 is 6.55. The fraction of sp³-hybridized carbons (Fsp3) is 0.167. The van der Waals surface area contributed by atoms with Crippen molar-refractivity contribution >= 4 is 34.1 Å². The number of aromatic amines is 1. The molecule has 3 heterocycles. The van der Waals surface area contributed by atoms with Crippen LogP contribution < -0.4 is 10.5 Å². The molecule has 3 aromatic carbocycles. The van der Waals surface area contributed by atoms with Crippen LogP contribution in [-0.4, -0.2) is 51.8 Å². The second kappa shape index (κ2) is 10.9. The number of halogens is 1. The first-order valence-electron chi connectivity index (χ1n) is 12.8. The number of benzene rings is 3. The molecule has 10 heteroatoms. The van der Waals surface area contributed by atoms with Crippen molar-refractivity contribution in [3.63, 3.8) is 0 Å². The lowest BCUT2D eigenvalue weighted by atomic mass is 10.1. The maximum Gasteiger partial charge on any atom is 0.214 e. The number of fused-ring (bicyclic) bond motifs is 1. The van der Waals surface area contributed by atoms with Crippen molar-refractivity contribution in [1.82, 2.24) is 19.7 Å². The van der Waals surface area contributed by atoms with E-state index in [0.717, 1.165) is 43.8 Å². The second-order valence-electron chi connectivity index (χ2n) is 9.53. The van der Waals surface area contributed by atoms with Crippen LogP contribution in [0.1, 0.15) is 27.2 Å². The highest BCUT2D eigenvalue weighted by Crippen LogP contribution is 2.31. The fourth-order valence-corrected chi connectivity index (χ4v) is 5.02. The molecule has 5 aromatic rings. The monoisotopic (exact) mass is 552 g/mol. The summed E-state index contributed by atoms with van der Waals surface area (Å²) in [5.74, 6) is 0.912. The lowest BCUT2D eigenvalue weighted by Gasteiger charge is -2.26. The molecule has 0 spiro atoms. The van der Waals surface area contributed by atoms with Gasteiger partial charge < -0.3 is 20.2 Å². The van der Waals surface area contributed by atoms with Crippen LogP contribution in [0.3, 0.4) is 0 Å². The summed E-state index contributed by atoms with van der Waals surface area (Å²) in [5.41, 5.74) is 10.1. The number of nitrogens with one attached hydrogen (secondary N) is 1. The third-order valence-electron chi connectivity index (χ3n) is 6.84. The van der Waals surface area contributed by atoms with Gasteiger partial charge in [-0.25, -0.2) is 4.68 Å². The number of nitrogen functional groups attached to an aromatic ring is 1. The molecular formula is C30H25ClN6O3. The van der Waals surface area contributed by atoms with E-state index in [0.29, 0.717) is 33.5 Å². The molecule has 0 bridgehead atoms. The second-order valence-corrected chi connectivity index (χ2v) is 9.94. The van der Waals surface area contributed by atoms with Crippen LogP contribution in [0, 0.1) is 11.3 Å². The highest BCUT2D eigenvalue weighted by Gasteiger charge is 2.21. The normalized spacial score (nSPS) is 13.8. The number of nitriles is 1. The van der Waals surface area contributed by atoms with E-state index in [1.165, 1.54) is 16.4 Å². The molecule has 1 aliphatic rings. The Kier molecular flexibility index (Phi) is 6.97. The van der Waals surface area contributed by atoms with Crippen LogP contribution in [0.15, 0.2) is 72.9 Å². The zero-order valence-corrected chi connectivity index (χ0v) is 22.2. The number of anilines is 1. The van der Waals surface area contributed by atoms with Gasteiger partial charge in [0.2, 0.25) is 5.78 Å². The topological polar surface area (TPSA) is 122 Å². The Morgan fingerprint density at radius 3 is 2.73 bits per heavy atom. The van der Waals surface area contributed by atoms with Crippen LogP contribution in [0.25, 0.3) is 16.6 Å². The molecule has 2 aromatic heterocycles.